The van der Waals surface area contributed by atoms with Gasteiger partial charge in [-0.2, -0.15) is 0 Å². The van der Waals surface area contributed by atoms with Gasteiger partial charge in [-0.1, -0.05) is 32.6 Å². The molecule has 0 spiro atoms. The molecule has 0 amide bonds. The molecule has 1 unspecified atom stereocenters. The van der Waals surface area contributed by atoms with Crippen LogP contribution >= 0.6 is 0 Å². The van der Waals surface area contributed by atoms with Crippen LogP contribution in [0, 0.1) is 0 Å². The summed E-state index contributed by atoms with van der Waals surface area (Å²) in [6.07, 6.45) is 8.23. The number of rotatable bonds is 11. The summed E-state index contributed by atoms with van der Waals surface area (Å²) in [6, 6.07) is 0. The lowest BCUT2D eigenvalue weighted by atomic mass is 10.1. The molecule has 0 bridgehead atoms. The van der Waals surface area contributed by atoms with E-state index in [2.05, 4.69) is 46.2 Å². The van der Waals surface area contributed by atoms with E-state index in [4.69, 9.17) is 13.6 Å². The van der Waals surface area contributed by atoms with Crippen LogP contribution in [-0.2, 0) is 13.6 Å². The molecule has 0 aliphatic heterocycles. The maximum Gasteiger partial charge on any atom is 0.263 e. The Morgan fingerprint density at radius 1 is 0.952 bits per heavy atom. The van der Waals surface area contributed by atoms with Crippen molar-refractivity contribution < 1.29 is 13.6 Å². The molecule has 0 radical (unpaired) electrons. The lowest BCUT2D eigenvalue weighted by Crippen LogP contribution is -2.32. The quantitative estimate of drug-likeness (QED) is 0.283. The number of ether oxygens (including phenoxy) is 1. The van der Waals surface area contributed by atoms with E-state index in [0.29, 0.717) is 5.95 Å². The second kappa shape index (κ2) is 9.69. The summed E-state index contributed by atoms with van der Waals surface area (Å²) in [5, 5.41) is 0. The third-order valence-electron chi connectivity index (χ3n) is 2.78. The molecule has 1 atom stereocenters. The number of unbranched alkanes of at least 4 members (excludes halogenated alkanes) is 3. The third kappa shape index (κ3) is 13.1. The first-order valence-corrected chi connectivity index (χ1v) is 15.0. The fraction of sp³-hybridized carbons (Fsp3) is 0.875. The molecular weight excluding hydrogens is 296 g/mol. The first-order valence-electron chi connectivity index (χ1n) is 8.20. The second-order valence-corrected chi connectivity index (χ2v) is 16.4. The van der Waals surface area contributed by atoms with Gasteiger partial charge in [0.15, 0.2) is 8.32 Å². The molecule has 5 heteroatoms. The highest BCUT2D eigenvalue weighted by Crippen LogP contribution is 2.19. The van der Waals surface area contributed by atoms with Gasteiger partial charge in [0.25, 0.3) is 5.95 Å². The predicted octanol–water partition coefficient (Wildman–Crippen LogP) is 5.52. The van der Waals surface area contributed by atoms with Crippen molar-refractivity contribution >= 4 is 16.6 Å². The van der Waals surface area contributed by atoms with Crippen molar-refractivity contribution in [3.63, 3.8) is 0 Å². The normalized spacial score (nSPS) is 15.0. The van der Waals surface area contributed by atoms with Gasteiger partial charge in [0.05, 0.1) is 13.2 Å². The molecule has 3 nitrogen and oxygen atoms in total. The molecule has 0 N–H and O–H groups in total. The van der Waals surface area contributed by atoms with E-state index >= 15 is 0 Å². The van der Waals surface area contributed by atoms with Crippen LogP contribution in [0.15, 0.2) is 12.0 Å². The van der Waals surface area contributed by atoms with E-state index in [1.807, 2.05) is 6.08 Å². The monoisotopic (exact) mass is 332 g/mol. The maximum absolute atomic E-state index is 6.28. The summed E-state index contributed by atoms with van der Waals surface area (Å²) in [7, 11) is -1.54. The van der Waals surface area contributed by atoms with E-state index < -0.39 is 16.6 Å². The van der Waals surface area contributed by atoms with Gasteiger partial charge in [0.2, 0.25) is 8.32 Å². The van der Waals surface area contributed by atoms with Crippen molar-refractivity contribution in [2.24, 2.45) is 0 Å². The van der Waals surface area contributed by atoms with Crippen molar-refractivity contribution in [2.45, 2.75) is 84.4 Å². The molecule has 21 heavy (non-hydrogen) atoms. The summed E-state index contributed by atoms with van der Waals surface area (Å²) < 4.78 is 17.7. The highest BCUT2D eigenvalue weighted by Gasteiger charge is 2.23. The molecule has 0 saturated carbocycles. The van der Waals surface area contributed by atoms with Crippen molar-refractivity contribution in [3.05, 3.63) is 12.0 Å². The van der Waals surface area contributed by atoms with Gasteiger partial charge in [0.1, 0.15) is 0 Å². The molecule has 0 heterocycles. The maximum atomic E-state index is 6.28. The average molecular weight is 333 g/mol. The van der Waals surface area contributed by atoms with Crippen LogP contribution < -0.4 is 0 Å². The minimum atomic E-state index is -1.65. The summed E-state index contributed by atoms with van der Waals surface area (Å²) in [6.45, 7) is 15.4. The molecule has 0 aliphatic carbocycles. The van der Waals surface area contributed by atoms with Crippen molar-refractivity contribution in [1.82, 2.24) is 0 Å². The topological polar surface area (TPSA) is 27.7 Å². The first kappa shape index (κ1) is 20.7. The van der Waals surface area contributed by atoms with E-state index in [1.165, 1.54) is 25.7 Å². The van der Waals surface area contributed by atoms with Crippen LogP contribution in [0.1, 0.15) is 39.0 Å². The van der Waals surface area contributed by atoms with E-state index in [9.17, 15) is 0 Å². The molecule has 0 aromatic rings. The van der Waals surface area contributed by atoms with Crippen LogP contribution in [-0.4, -0.2) is 29.8 Å². The standard InChI is InChI=1S/C16H36O3Si2/c1-9-10-11-12-13-15(18-20(3,4)5)14-16(17-2)19-21(6,7)8/h14-15H,9-13H2,1-8H3/b16-14+. The van der Waals surface area contributed by atoms with Crippen molar-refractivity contribution in [1.29, 1.82) is 0 Å². The Labute approximate surface area is 134 Å². The van der Waals surface area contributed by atoms with E-state index in [1.54, 1.807) is 7.11 Å². The summed E-state index contributed by atoms with van der Waals surface area (Å²) >= 11 is 0. The Hall–Kier alpha value is -0.266. The Bertz CT molecular complexity index is 304. The van der Waals surface area contributed by atoms with Crippen LogP contribution in [0.5, 0.6) is 0 Å². The fourth-order valence-electron chi connectivity index (χ4n) is 2.00. The Kier molecular flexibility index (Phi) is 9.57. The Morgan fingerprint density at radius 3 is 2.00 bits per heavy atom. The zero-order valence-corrected chi connectivity index (χ0v) is 17.4. The summed E-state index contributed by atoms with van der Waals surface area (Å²) in [5.74, 6) is 0.632. The molecule has 126 valence electrons. The lowest BCUT2D eigenvalue weighted by molar-refractivity contribution is 0.133. The van der Waals surface area contributed by atoms with Crippen LogP contribution in [0.4, 0.5) is 0 Å². The molecule has 0 aromatic heterocycles. The van der Waals surface area contributed by atoms with Crippen molar-refractivity contribution in [2.75, 3.05) is 7.11 Å². The van der Waals surface area contributed by atoms with Gasteiger partial charge in [-0.05, 0) is 45.7 Å². The van der Waals surface area contributed by atoms with E-state index in [0.717, 1.165) is 6.42 Å². The molecule has 0 fully saturated rings. The van der Waals surface area contributed by atoms with Gasteiger partial charge in [0, 0.05) is 6.08 Å². The minimum Gasteiger partial charge on any atom is -0.520 e. The zero-order chi connectivity index (χ0) is 16.5. The lowest BCUT2D eigenvalue weighted by Gasteiger charge is -2.26. The van der Waals surface area contributed by atoms with Gasteiger partial charge in [-0.3, -0.25) is 0 Å². The van der Waals surface area contributed by atoms with Gasteiger partial charge >= 0.3 is 0 Å². The van der Waals surface area contributed by atoms with Crippen LogP contribution in [0.3, 0.4) is 0 Å². The second-order valence-electron chi connectivity index (χ2n) is 7.52. The molecule has 0 rings (SSSR count). The molecule has 0 aliphatic rings. The number of methoxy groups -OCH3 is 1. The predicted molar refractivity (Wildman–Crippen MR) is 96.5 cm³/mol. The summed E-state index contributed by atoms with van der Waals surface area (Å²) in [4.78, 5) is 0. The largest absolute Gasteiger partial charge is 0.520 e. The average Bonchev–Trinajstić information content (AvgIpc) is 2.30. The zero-order valence-electron chi connectivity index (χ0n) is 15.4. The molecule has 0 aromatic carbocycles. The highest BCUT2D eigenvalue weighted by atomic mass is 28.4. The number of hydrogen-bond donors (Lipinski definition) is 0. The van der Waals surface area contributed by atoms with Crippen LogP contribution in [0.2, 0.25) is 39.3 Å². The van der Waals surface area contributed by atoms with E-state index in [-0.39, 0.29) is 6.10 Å². The Morgan fingerprint density at radius 2 is 1.57 bits per heavy atom. The minimum absolute atomic E-state index is 0.111. The van der Waals surface area contributed by atoms with Gasteiger partial charge in [-0.15, -0.1) is 0 Å². The van der Waals surface area contributed by atoms with Gasteiger partial charge in [-0.25, -0.2) is 0 Å². The SMILES string of the molecule is CCCCCCC(/C=C(\OC)O[Si](C)(C)C)O[Si](C)(C)C. The molecular formula is C16H36O3Si2. The smallest absolute Gasteiger partial charge is 0.263 e. The Balaban J connectivity index is 4.74. The molecule has 0 saturated heterocycles. The third-order valence-corrected chi connectivity index (χ3v) is 4.60. The van der Waals surface area contributed by atoms with Crippen LogP contribution in [0.25, 0.3) is 0 Å². The fourth-order valence-corrected chi connectivity index (χ4v) is 3.85. The highest BCUT2D eigenvalue weighted by molar-refractivity contribution is 6.70. The first-order chi connectivity index (χ1) is 9.57. The summed E-state index contributed by atoms with van der Waals surface area (Å²) in [5.41, 5.74) is 0. The van der Waals surface area contributed by atoms with Gasteiger partial charge < -0.3 is 13.6 Å². The van der Waals surface area contributed by atoms with Crippen molar-refractivity contribution in [3.8, 4) is 0 Å². The number of hydrogen-bond acceptors (Lipinski definition) is 3.